The fourth-order valence-electron chi connectivity index (χ4n) is 3.35. The zero-order valence-corrected chi connectivity index (χ0v) is 18.8. The molecular weight excluding hydrogens is 471 g/mol. The number of aromatic nitrogens is 3. The molecule has 0 spiro atoms. The predicted octanol–water partition coefficient (Wildman–Crippen LogP) is 2.40. The van der Waals surface area contributed by atoms with Gasteiger partial charge in [0.1, 0.15) is 17.9 Å². The minimum Gasteiger partial charge on any atom is -0.496 e. The van der Waals surface area contributed by atoms with Gasteiger partial charge in [0.15, 0.2) is 5.96 Å². The third kappa shape index (κ3) is 6.06. The van der Waals surface area contributed by atoms with Gasteiger partial charge in [-0.15, -0.1) is 24.0 Å². The van der Waals surface area contributed by atoms with Crippen LogP contribution < -0.4 is 10.1 Å². The van der Waals surface area contributed by atoms with Crippen LogP contribution >= 0.6 is 24.0 Å². The number of methoxy groups -OCH3 is 1. The first-order valence-electron chi connectivity index (χ1n) is 9.32. The summed E-state index contributed by atoms with van der Waals surface area (Å²) in [7, 11) is 3.50. The highest BCUT2D eigenvalue weighted by Crippen LogP contribution is 2.24. The van der Waals surface area contributed by atoms with Crippen molar-refractivity contribution in [1.82, 2.24) is 25.4 Å². The molecule has 1 aliphatic heterocycles. The number of nitrogens with one attached hydrogen (secondary N) is 2. The largest absolute Gasteiger partial charge is 0.496 e. The maximum absolute atomic E-state index is 5.78. The smallest absolute Gasteiger partial charge is 0.193 e. The van der Waals surface area contributed by atoms with Crippen LogP contribution in [0.15, 0.2) is 35.6 Å². The number of benzene rings is 1. The van der Waals surface area contributed by atoms with E-state index in [0.29, 0.717) is 25.7 Å². The molecule has 9 heteroatoms. The molecule has 1 aromatic carbocycles. The number of piperidine rings is 1. The molecule has 0 amide bonds. The van der Waals surface area contributed by atoms with Crippen LogP contribution in [0.3, 0.4) is 0 Å². The van der Waals surface area contributed by atoms with E-state index in [4.69, 9.17) is 9.47 Å². The quantitative estimate of drug-likeness (QED) is 0.263. The monoisotopic (exact) mass is 500 g/mol. The minimum absolute atomic E-state index is 0. The van der Waals surface area contributed by atoms with Gasteiger partial charge in [0.05, 0.1) is 20.3 Å². The molecule has 28 heavy (non-hydrogen) atoms. The molecule has 8 nitrogen and oxygen atoms in total. The van der Waals surface area contributed by atoms with Crippen LogP contribution in [0, 0.1) is 0 Å². The van der Waals surface area contributed by atoms with E-state index in [2.05, 4.69) is 30.4 Å². The van der Waals surface area contributed by atoms with Crippen LogP contribution in [0.5, 0.6) is 5.75 Å². The Kier molecular flexibility index (Phi) is 9.48. The second-order valence-electron chi connectivity index (χ2n) is 6.47. The Bertz CT molecular complexity index is 717. The van der Waals surface area contributed by atoms with Crippen molar-refractivity contribution < 1.29 is 9.47 Å². The average Bonchev–Trinajstić information content (AvgIpc) is 3.26. The number of hydrogen-bond acceptors (Lipinski definition) is 5. The summed E-state index contributed by atoms with van der Waals surface area (Å²) in [6.45, 7) is 3.75. The first-order valence-corrected chi connectivity index (χ1v) is 9.32. The number of para-hydroxylation sites is 1. The van der Waals surface area contributed by atoms with E-state index in [1.165, 1.54) is 0 Å². The molecule has 0 bridgehead atoms. The highest BCUT2D eigenvalue weighted by Gasteiger charge is 2.24. The van der Waals surface area contributed by atoms with Gasteiger partial charge in [0, 0.05) is 38.2 Å². The van der Waals surface area contributed by atoms with Gasteiger partial charge in [-0.1, -0.05) is 18.2 Å². The number of halogens is 1. The fourth-order valence-corrected chi connectivity index (χ4v) is 3.35. The summed E-state index contributed by atoms with van der Waals surface area (Å²) in [5, 5.41) is 10.3. The lowest BCUT2D eigenvalue weighted by Crippen LogP contribution is -2.46. The molecule has 2 N–H and O–H groups in total. The number of hydrogen-bond donors (Lipinski definition) is 2. The van der Waals surface area contributed by atoms with Crippen molar-refractivity contribution in [3.8, 4) is 5.75 Å². The third-order valence-electron chi connectivity index (χ3n) is 4.81. The summed E-state index contributed by atoms with van der Waals surface area (Å²) < 4.78 is 11.1. The van der Waals surface area contributed by atoms with Crippen LogP contribution in [0.25, 0.3) is 0 Å². The van der Waals surface area contributed by atoms with E-state index >= 15 is 0 Å². The number of aliphatic imine (C=N–C) groups is 1. The number of nitrogens with zero attached hydrogens (tertiary/aromatic N) is 4. The van der Waals surface area contributed by atoms with Gasteiger partial charge in [-0.05, 0) is 18.9 Å². The molecule has 2 aromatic rings. The van der Waals surface area contributed by atoms with E-state index in [-0.39, 0.29) is 24.0 Å². The first kappa shape index (κ1) is 22.4. The van der Waals surface area contributed by atoms with Crippen molar-refractivity contribution in [2.45, 2.75) is 25.4 Å². The molecule has 0 radical (unpaired) electrons. The second kappa shape index (κ2) is 11.8. The Hall–Kier alpha value is -1.88. The Morgan fingerprint density at radius 3 is 2.79 bits per heavy atom. The lowest BCUT2D eigenvalue weighted by Gasteiger charge is -2.33. The molecule has 0 aliphatic carbocycles. The summed E-state index contributed by atoms with van der Waals surface area (Å²) >= 11 is 0. The van der Waals surface area contributed by atoms with Crippen molar-refractivity contribution in [3.63, 3.8) is 0 Å². The van der Waals surface area contributed by atoms with E-state index < -0.39 is 0 Å². The minimum atomic E-state index is 0. The number of H-pyrrole nitrogens is 1. The maximum atomic E-state index is 5.78. The Morgan fingerprint density at radius 2 is 2.11 bits per heavy atom. The molecular formula is C19H29IN6O2. The number of ether oxygens (including phenoxy) is 2. The standard InChI is InChI=1S/C19H28N6O2.HI/c1-20-19(25-10-7-15(8-11-25)18-22-14-23-24-18)21-9-12-27-13-16-5-3-4-6-17(16)26-2;/h3-6,14-15H,7-13H2,1-2H3,(H,20,21)(H,22,23,24);1H. The highest BCUT2D eigenvalue weighted by molar-refractivity contribution is 14.0. The van der Waals surface area contributed by atoms with Crippen LogP contribution in [0.4, 0.5) is 0 Å². The van der Waals surface area contributed by atoms with Crippen LogP contribution in [-0.2, 0) is 11.3 Å². The van der Waals surface area contributed by atoms with Crippen molar-refractivity contribution in [2.75, 3.05) is 40.4 Å². The Morgan fingerprint density at radius 1 is 1.32 bits per heavy atom. The third-order valence-corrected chi connectivity index (χ3v) is 4.81. The van der Waals surface area contributed by atoms with Crippen LogP contribution in [0.2, 0.25) is 0 Å². The van der Waals surface area contributed by atoms with Gasteiger partial charge in [0.2, 0.25) is 0 Å². The lowest BCUT2D eigenvalue weighted by molar-refractivity contribution is 0.123. The zero-order chi connectivity index (χ0) is 18.9. The highest BCUT2D eigenvalue weighted by atomic mass is 127. The molecule has 3 rings (SSSR count). The van der Waals surface area contributed by atoms with Gasteiger partial charge < -0.3 is 19.7 Å². The van der Waals surface area contributed by atoms with Gasteiger partial charge in [0.25, 0.3) is 0 Å². The Balaban J connectivity index is 0.00000280. The van der Waals surface area contributed by atoms with Gasteiger partial charge in [-0.25, -0.2) is 4.98 Å². The number of rotatable bonds is 7. The van der Waals surface area contributed by atoms with Gasteiger partial charge in [-0.2, -0.15) is 5.10 Å². The van der Waals surface area contributed by atoms with Gasteiger partial charge in [-0.3, -0.25) is 10.1 Å². The topological polar surface area (TPSA) is 87.7 Å². The normalized spacial score (nSPS) is 15.2. The summed E-state index contributed by atoms with van der Waals surface area (Å²) in [5.74, 6) is 3.22. The number of aromatic amines is 1. The molecule has 1 aromatic heterocycles. The number of likely N-dealkylation sites (tertiary alicyclic amines) is 1. The summed E-state index contributed by atoms with van der Waals surface area (Å²) in [6.07, 6.45) is 3.66. The zero-order valence-electron chi connectivity index (χ0n) is 16.4. The first-order chi connectivity index (χ1) is 13.3. The molecule has 0 saturated carbocycles. The molecule has 1 fully saturated rings. The van der Waals surface area contributed by atoms with Gasteiger partial charge >= 0.3 is 0 Å². The van der Waals surface area contributed by atoms with Crippen LogP contribution in [-0.4, -0.2) is 66.4 Å². The van der Waals surface area contributed by atoms with Crippen LogP contribution in [0.1, 0.15) is 30.1 Å². The molecule has 154 valence electrons. The second-order valence-corrected chi connectivity index (χ2v) is 6.47. The summed E-state index contributed by atoms with van der Waals surface area (Å²) in [6, 6.07) is 7.91. The van der Waals surface area contributed by atoms with E-state index in [1.54, 1.807) is 13.4 Å². The molecule has 2 heterocycles. The molecule has 0 unspecified atom stereocenters. The average molecular weight is 500 g/mol. The molecule has 1 aliphatic rings. The van der Waals surface area contributed by atoms with E-state index in [1.807, 2.05) is 31.3 Å². The molecule has 1 saturated heterocycles. The van der Waals surface area contributed by atoms with Crippen molar-refractivity contribution >= 4 is 29.9 Å². The summed E-state index contributed by atoms with van der Waals surface area (Å²) in [5.41, 5.74) is 1.05. The predicted molar refractivity (Wildman–Crippen MR) is 119 cm³/mol. The lowest BCUT2D eigenvalue weighted by atomic mass is 9.96. The maximum Gasteiger partial charge on any atom is 0.193 e. The SMILES string of the molecule is CN=C(NCCOCc1ccccc1OC)N1CCC(c2ncn[nH]2)CC1.I. The van der Waals surface area contributed by atoms with Crippen molar-refractivity contribution in [2.24, 2.45) is 4.99 Å². The Labute approximate surface area is 183 Å². The van der Waals surface area contributed by atoms with Crippen molar-refractivity contribution in [3.05, 3.63) is 42.0 Å². The van der Waals surface area contributed by atoms with E-state index in [0.717, 1.165) is 49.0 Å². The fraction of sp³-hybridized carbons (Fsp3) is 0.526. The summed E-state index contributed by atoms with van der Waals surface area (Å²) in [4.78, 5) is 11.0. The van der Waals surface area contributed by atoms with E-state index in [9.17, 15) is 0 Å². The van der Waals surface area contributed by atoms with Crippen molar-refractivity contribution in [1.29, 1.82) is 0 Å². The molecule has 0 atom stereocenters. The number of guanidine groups is 1.